The summed E-state index contributed by atoms with van der Waals surface area (Å²) in [6.45, 7) is 10.6. The van der Waals surface area contributed by atoms with E-state index in [9.17, 15) is 0 Å². The molecule has 2 rings (SSSR count). The van der Waals surface area contributed by atoms with Gasteiger partial charge in [-0.3, -0.25) is 0 Å². The third-order valence-corrected chi connectivity index (χ3v) is 2.94. The largest absolute Gasteiger partial charge is 0.381 e. The van der Waals surface area contributed by atoms with Crippen molar-refractivity contribution in [2.75, 3.05) is 32.8 Å². The molecule has 0 unspecified atom stereocenters. The van der Waals surface area contributed by atoms with Crippen LogP contribution in [0.25, 0.3) is 0 Å². The van der Waals surface area contributed by atoms with Crippen LogP contribution < -0.4 is 0 Å². The standard InChI is InChI=1S/C10H19NO/c1-8(2)3-11-4-9(5-11)10-6-12-7-10/h8-10H,3-7H2,1-2H3. The molecule has 0 aromatic carbocycles. The van der Waals surface area contributed by atoms with Crippen molar-refractivity contribution in [2.45, 2.75) is 13.8 Å². The summed E-state index contributed by atoms with van der Waals surface area (Å²) in [5, 5.41) is 0. The van der Waals surface area contributed by atoms with Crippen LogP contribution >= 0.6 is 0 Å². The second kappa shape index (κ2) is 3.35. The van der Waals surface area contributed by atoms with Gasteiger partial charge in [0, 0.05) is 25.6 Å². The van der Waals surface area contributed by atoms with Gasteiger partial charge < -0.3 is 9.64 Å². The van der Waals surface area contributed by atoms with E-state index in [1.54, 1.807) is 0 Å². The predicted molar refractivity (Wildman–Crippen MR) is 49.1 cm³/mol. The molecule has 2 aliphatic heterocycles. The summed E-state index contributed by atoms with van der Waals surface area (Å²) in [6.07, 6.45) is 0. The second-order valence-electron chi connectivity index (χ2n) is 4.67. The Hall–Kier alpha value is -0.0800. The molecule has 0 atom stereocenters. The highest BCUT2D eigenvalue weighted by molar-refractivity contribution is 4.87. The zero-order valence-corrected chi connectivity index (χ0v) is 8.12. The Labute approximate surface area is 74.9 Å². The fourth-order valence-electron chi connectivity index (χ4n) is 2.10. The minimum absolute atomic E-state index is 0.823. The molecule has 12 heavy (non-hydrogen) atoms. The lowest BCUT2D eigenvalue weighted by Gasteiger charge is -2.46. The van der Waals surface area contributed by atoms with E-state index in [1.807, 2.05) is 0 Å². The Bertz CT molecular complexity index is 148. The number of nitrogens with zero attached hydrogens (tertiary/aromatic N) is 1. The van der Waals surface area contributed by atoms with Crippen molar-refractivity contribution in [1.82, 2.24) is 4.90 Å². The molecule has 2 nitrogen and oxygen atoms in total. The van der Waals surface area contributed by atoms with Crippen LogP contribution in [0.15, 0.2) is 0 Å². The van der Waals surface area contributed by atoms with Crippen molar-refractivity contribution < 1.29 is 4.74 Å². The lowest BCUT2D eigenvalue weighted by Crippen LogP contribution is -2.55. The maximum atomic E-state index is 5.19. The van der Waals surface area contributed by atoms with Gasteiger partial charge in [0.2, 0.25) is 0 Å². The van der Waals surface area contributed by atoms with Crippen LogP contribution in [0.3, 0.4) is 0 Å². The van der Waals surface area contributed by atoms with E-state index in [-0.39, 0.29) is 0 Å². The Kier molecular flexibility index (Phi) is 2.37. The van der Waals surface area contributed by atoms with Gasteiger partial charge >= 0.3 is 0 Å². The van der Waals surface area contributed by atoms with Gasteiger partial charge in [-0.15, -0.1) is 0 Å². The maximum Gasteiger partial charge on any atom is 0.0520 e. The predicted octanol–water partition coefficient (Wildman–Crippen LogP) is 1.22. The van der Waals surface area contributed by atoms with E-state index in [1.165, 1.54) is 19.6 Å². The summed E-state index contributed by atoms with van der Waals surface area (Å²) in [5.41, 5.74) is 0. The Morgan fingerprint density at radius 2 is 1.92 bits per heavy atom. The van der Waals surface area contributed by atoms with Crippen LogP contribution in [0, 0.1) is 17.8 Å². The van der Waals surface area contributed by atoms with Crippen molar-refractivity contribution in [3.63, 3.8) is 0 Å². The molecule has 0 spiro atoms. The SMILES string of the molecule is CC(C)CN1CC(C2COC2)C1. The van der Waals surface area contributed by atoms with Gasteiger partial charge in [-0.25, -0.2) is 0 Å². The lowest BCUT2D eigenvalue weighted by atomic mass is 9.84. The van der Waals surface area contributed by atoms with Gasteiger partial charge in [0.05, 0.1) is 13.2 Å². The Morgan fingerprint density at radius 1 is 1.25 bits per heavy atom. The van der Waals surface area contributed by atoms with Gasteiger partial charge in [0.1, 0.15) is 0 Å². The third-order valence-electron chi connectivity index (χ3n) is 2.94. The fourth-order valence-corrected chi connectivity index (χ4v) is 2.10. The zero-order chi connectivity index (χ0) is 8.55. The van der Waals surface area contributed by atoms with Crippen LogP contribution in [0.2, 0.25) is 0 Å². The molecule has 2 heteroatoms. The Morgan fingerprint density at radius 3 is 2.33 bits per heavy atom. The zero-order valence-electron chi connectivity index (χ0n) is 8.12. The number of likely N-dealkylation sites (tertiary alicyclic amines) is 1. The van der Waals surface area contributed by atoms with E-state index in [0.717, 1.165) is 31.0 Å². The molecule has 0 aromatic rings. The van der Waals surface area contributed by atoms with E-state index < -0.39 is 0 Å². The van der Waals surface area contributed by atoms with Crippen LogP contribution in [0.1, 0.15) is 13.8 Å². The molecular formula is C10H19NO. The van der Waals surface area contributed by atoms with Crippen LogP contribution in [-0.4, -0.2) is 37.7 Å². The van der Waals surface area contributed by atoms with Crippen LogP contribution in [0.5, 0.6) is 0 Å². The van der Waals surface area contributed by atoms with E-state index in [0.29, 0.717) is 0 Å². The molecule has 0 saturated carbocycles. The lowest BCUT2D eigenvalue weighted by molar-refractivity contribution is -0.0995. The summed E-state index contributed by atoms with van der Waals surface area (Å²) < 4.78 is 5.19. The summed E-state index contributed by atoms with van der Waals surface area (Å²) in [5.74, 6) is 2.68. The number of hydrogen-bond acceptors (Lipinski definition) is 2. The van der Waals surface area contributed by atoms with Crippen LogP contribution in [0.4, 0.5) is 0 Å². The highest BCUT2D eigenvalue weighted by Crippen LogP contribution is 2.29. The van der Waals surface area contributed by atoms with E-state index in [2.05, 4.69) is 18.7 Å². The molecule has 2 aliphatic rings. The highest BCUT2D eigenvalue weighted by Gasteiger charge is 2.36. The average molecular weight is 169 g/mol. The summed E-state index contributed by atoms with van der Waals surface area (Å²) >= 11 is 0. The molecule has 0 N–H and O–H groups in total. The van der Waals surface area contributed by atoms with Crippen molar-refractivity contribution in [3.05, 3.63) is 0 Å². The van der Waals surface area contributed by atoms with Gasteiger partial charge in [-0.05, 0) is 11.8 Å². The smallest absolute Gasteiger partial charge is 0.0520 e. The van der Waals surface area contributed by atoms with Crippen molar-refractivity contribution in [3.8, 4) is 0 Å². The Balaban J connectivity index is 1.63. The summed E-state index contributed by atoms with van der Waals surface area (Å²) in [7, 11) is 0. The molecule has 0 aliphatic carbocycles. The quantitative estimate of drug-likeness (QED) is 0.630. The van der Waals surface area contributed by atoms with E-state index >= 15 is 0 Å². The van der Waals surface area contributed by atoms with Gasteiger partial charge in [-0.1, -0.05) is 13.8 Å². The number of hydrogen-bond donors (Lipinski definition) is 0. The molecule has 70 valence electrons. The van der Waals surface area contributed by atoms with Crippen molar-refractivity contribution >= 4 is 0 Å². The number of ether oxygens (including phenoxy) is 1. The monoisotopic (exact) mass is 169 g/mol. The van der Waals surface area contributed by atoms with Crippen molar-refractivity contribution in [1.29, 1.82) is 0 Å². The van der Waals surface area contributed by atoms with Gasteiger partial charge in [0.25, 0.3) is 0 Å². The van der Waals surface area contributed by atoms with Crippen molar-refractivity contribution in [2.24, 2.45) is 17.8 Å². The summed E-state index contributed by atoms with van der Waals surface area (Å²) in [4.78, 5) is 2.56. The van der Waals surface area contributed by atoms with Gasteiger partial charge in [-0.2, -0.15) is 0 Å². The topological polar surface area (TPSA) is 12.5 Å². The normalized spacial score (nSPS) is 27.2. The van der Waals surface area contributed by atoms with Crippen LogP contribution in [-0.2, 0) is 4.74 Å². The molecular weight excluding hydrogens is 150 g/mol. The molecule has 0 aromatic heterocycles. The first-order chi connectivity index (χ1) is 5.75. The molecule has 2 heterocycles. The molecule has 0 radical (unpaired) electrons. The molecule has 2 fully saturated rings. The molecule has 2 saturated heterocycles. The van der Waals surface area contributed by atoms with E-state index in [4.69, 9.17) is 4.74 Å². The maximum absolute atomic E-state index is 5.19. The second-order valence-corrected chi connectivity index (χ2v) is 4.67. The first kappa shape index (κ1) is 8.52. The minimum atomic E-state index is 0.823. The minimum Gasteiger partial charge on any atom is -0.381 e. The fraction of sp³-hybridized carbons (Fsp3) is 1.00. The molecule has 0 amide bonds. The summed E-state index contributed by atoms with van der Waals surface area (Å²) in [6, 6.07) is 0. The van der Waals surface area contributed by atoms with Gasteiger partial charge in [0.15, 0.2) is 0 Å². The highest BCUT2D eigenvalue weighted by atomic mass is 16.5. The third kappa shape index (κ3) is 1.64. The first-order valence-corrected chi connectivity index (χ1v) is 5.06. The first-order valence-electron chi connectivity index (χ1n) is 5.06. The molecule has 0 bridgehead atoms. The number of rotatable bonds is 3. The average Bonchev–Trinajstić information content (AvgIpc) is 1.77.